The van der Waals surface area contributed by atoms with Crippen molar-refractivity contribution in [2.45, 2.75) is 70.3 Å². The van der Waals surface area contributed by atoms with Crippen LogP contribution in [0.2, 0.25) is 0 Å². The summed E-state index contributed by atoms with van der Waals surface area (Å²) in [5.74, 6) is 0.451. The second-order valence-electron chi connectivity index (χ2n) is 6.84. The quantitative estimate of drug-likeness (QED) is 0.860. The van der Waals surface area contributed by atoms with Crippen molar-refractivity contribution in [1.82, 2.24) is 9.62 Å². The zero-order chi connectivity index (χ0) is 16.0. The van der Waals surface area contributed by atoms with Gasteiger partial charge in [-0.15, -0.1) is 0 Å². The van der Waals surface area contributed by atoms with Crippen LogP contribution in [-0.2, 0) is 14.8 Å². The number of hydrogen-bond donors (Lipinski definition) is 1. The molecule has 1 saturated heterocycles. The summed E-state index contributed by atoms with van der Waals surface area (Å²) in [4.78, 5) is 12.4. The van der Waals surface area contributed by atoms with Gasteiger partial charge in [-0.2, -0.15) is 4.31 Å². The van der Waals surface area contributed by atoms with Gasteiger partial charge in [0.2, 0.25) is 15.9 Å². The van der Waals surface area contributed by atoms with E-state index < -0.39 is 16.1 Å². The van der Waals surface area contributed by atoms with E-state index in [-0.39, 0.29) is 5.91 Å². The molecule has 6 heteroatoms. The molecule has 0 aromatic rings. The lowest BCUT2D eigenvalue weighted by atomic mass is 9.91. The lowest BCUT2D eigenvalue weighted by molar-refractivity contribution is -0.125. The van der Waals surface area contributed by atoms with Crippen LogP contribution >= 0.6 is 0 Å². The molecule has 22 heavy (non-hydrogen) atoms. The van der Waals surface area contributed by atoms with E-state index in [1.165, 1.54) is 55.5 Å². The summed E-state index contributed by atoms with van der Waals surface area (Å²) in [6, 6.07) is -0.502. The van der Waals surface area contributed by atoms with E-state index in [0.717, 1.165) is 12.8 Å². The molecular weight excluding hydrogens is 300 g/mol. The third-order valence-corrected chi connectivity index (χ3v) is 6.26. The molecule has 1 amide bonds. The van der Waals surface area contributed by atoms with Gasteiger partial charge in [0.25, 0.3) is 0 Å². The maximum absolute atomic E-state index is 12.4. The van der Waals surface area contributed by atoms with Crippen LogP contribution in [0.1, 0.15) is 64.2 Å². The molecule has 0 spiro atoms. The summed E-state index contributed by atoms with van der Waals surface area (Å²) in [5, 5.41) is 3.03. The first-order valence-corrected chi connectivity index (χ1v) is 10.6. The Hall–Kier alpha value is -0.620. The Morgan fingerprint density at radius 3 is 2.23 bits per heavy atom. The largest absolute Gasteiger partial charge is 0.354 e. The number of amides is 1. The maximum Gasteiger partial charge on any atom is 0.238 e. The van der Waals surface area contributed by atoms with Gasteiger partial charge in [-0.3, -0.25) is 4.79 Å². The average molecular weight is 330 g/mol. The topological polar surface area (TPSA) is 66.5 Å². The van der Waals surface area contributed by atoms with Gasteiger partial charge in [0.1, 0.15) is 6.04 Å². The van der Waals surface area contributed by atoms with E-state index in [2.05, 4.69) is 5.32 Å². The minimum atomic E-state index is -3.30. The first-order chi connectivity index (χ1) is 10.5. The number of sulfonamides is 1. The van der Waals surface area contributed by atoms with Crippen LogP contribution in [0.25, 0.3) is 0 Å². The Morgan fingerprint density at radius 1 is 1.00 bits per heavy atom. The molecule has 5 nitrogen and oxygen atoms in total. The Labute approximate surface area is 134 Å². The van der Waals surface area contributed by atoms with E-state index >= 15 is 0 Å². The Bertz CT molecular complexity index is 456. The number of rotatable bonds is 4. The normalized spacial score (nSPS) is 26.1. The van der Waals surface area contributed by atoms with Gasteiger partial charge in [0.15, 0.2) is 0 Å². The summed E-state index contributed by atoms with van der Waals surface area (Å²) < 4.78 is 25.1. The third-order valence-electron chi connectivity index (χ3n) is 4.97. The van der Waals surface area contributed by atoms with Crippen molar-refractivity contribution < 1.29 is 13.2 Å². The van der Waals surface area contributed by atoms with Gasteiger partial charge in [0.05, 0.1) is 6.26 Å². The molecule has 2 rings (SSSR count). The van der Waals surface area contributed by atoms with Gasteiger partial charge in [-0.1, -0.05) is 38.5 Å². The standard InChI is InChI=1S/C16H30N2O3S/c1-22(20,21)18-12-8-7-11-15(18)16(19)17-13-14-9-5-3-2-4-6-10-14/h14-15H,2-13H2,1H3,(H,17,19)/t15-/m1/s1. The van der Waals surface area contributed by atoms with Crippen LogP contribution in [0, 0.1) is 5.92 Å². The predicted octanol–water partition coefficient (Wildman–Crippen LogP) is 2.28. The van der Waals surface area contributed by atoms with Crippen LogP contribution in [0.5, 0.6) is 0 Å². The van der Waals surface area contributed by atoms with Crippen molar-refractivity contribution in [1.29, 1.82) is 0 Å². The zero-order valence-corrected chi connectivity index (χ0v) is 14.5. The highest BCUT2D eigenvalue weighted by molar-refractivity contribution is 7.88. The summed E-state index contributed by atoms with van der Waals surface area (Å²) >= 11 is 0. The van der Waals surface area contributed by atoms with Crippen molar-refractivity contribution in [3.8, 4) is 0 Å². The average Bonchev–Trinajstić information content (AvgIpc) is 2.45. The molecule has 1 heterocycles. The number of carbonyl (C=O) groups excluding carboxylic acids is 1. The Kier molecular flexibility index (Phi) is 6.68. The van der Waals surface area contributed by atoms with Crippen molar-refractivity contribution in [2.75, 3.05) is 19.3 Å². The number of nitrogens with zero attached hydrogens (tertiary/aromatic N) is 1. The first-order valence-electron chi connectivity index (χ1n) is 8.73. The fraction of sp³-hybridized carbons (Fsp3) is 0.938. The van der Waals surface area contributed by atoms with Gasteiger partial charge < -0.3 is 5.32 Å². The SMILES string of the molecule is CS(=O)(=O)N1CCCC[C@@H]1C(=O)NCC1CCCCCCC1. The number of nitrogens with one attached hydrogen (secondary N) is 1. The Morgan fingerprint density at radius 2 is 1.59 bits per heavy atom. The fourth-order valence-corrected chi connectivity index (χ4v) is 4.80. The number of hydrogen-bond acceptors (Lipinski definition) is 3. The molecule has 0 bridgehead atoms. The van der Waals surface area contributed by atoms with Crippen molar-refractivity contribution in [2.24, 2.45) is 5.92 Å². The number of carbonyl (C=O) groups is 1. The summed E-state index contributed by atoms with van der Waals surface area (Å²) in [7, 11) is -3.30. The molecule has 128 valence electrons. The molecule has 2 aliphatic rings. The van der Waals surface area contributed by atoms with E-state index in [4.69, 9.17) is 0 Å². The summed E-state index contributed by atoms with van der Waals surface area (Å²) in [6.45, 7) is 1.17. The molecule has 1 aliphatic carbocycles. The zero-order valence-electron chi connectivity index (χ0n) is 13.7. The maximum atomic E-state index is 12.4. The molecule has 1 aliphatic heterocycles. The summed E-state index contributed by atoms with van der Waals surface area (Å²) in [5.41, 5.74) is 0. The van der Waals surface area contributed by atoms with E-state index in [9.17, 15) is 13.2 Å². The van der Waals surface area contributed by atoms with Gasteiger partial charge in [0, 0.05) is 13.1 Å². The lowest BCUT2D eigenvalue weighted by Gasteiger charge is -2.33. The second kappa shape index (κ2) is 8.29. The van der Waals surface area contributed by atoms with Crippen LogP contribution in [0.3, 0.4) is 0 Å². The molecule has 0 aromatic carbocycles. The molecule has 0 aromatic heterocycles. The highest BCUT2D eigenvalue weighted by Gasteiger charge is 2.34. The molecule has 1 atom stereocenters. The van der Waals surface area contributed by atoms with E-state index in [1.54, 1.807) is 0 Å². The van der Waals surface area contributed by atoms with Crippen molar-refractivity contribution in [3.05, 3.63) is 0 Å². The molecular formula is C16H30N2O3S. The molecule has 2 fully saturated rings. The van der Waals surface area contributed by atoms with E-state index in [0.29, 0.717) is 25.4 Å². The third kappa shape index (κ3) is 5.23. The van der Waals surface area contributed by atoms with E-state index in [1.807, 2.05) is 0 Å². The first kappa shape index (κ1) is 17.7. The van der Waals surface area contributed by atoms with Gasteiger partial charge in [-0.25, -0.2) is 8.42 Å². The van der Waals surface area contributed by atoms with Crippen LogP contribution < -0.4 is 5.32 Å². The van der Waals surface area contributed by atoms with Crippen molar-refractivity contribution in [3.63, 3.8) is 0 Å². The predicted molar refractivity (Wildman–Crippen MR) is 88.0 cm³/mol. The number of piperidine rings is 1. The van der Waals surface area contributed by atoms with Gasteiger partial charge in [-0.05, 0) is 31.6 Å². The van der Waals surface area contributed by atoms with Crippen LogP contribution in [0.4, 0.5) is 0 Å². The molecule has 0 radical (unpaired) electrons. The van der Waals surface area contributed by atoms with Crippen LogP contribution in [-0.4, -0.2) is 44.0 Å². The van der Waals surface area contributed by atoms with Crippen molar-refractivity contribution >= 4 is 15.9 Å². The minimum absolute atomic E-state index is 0.104. The smallest absolute Gasteiger partial charge is 0.238 e. The Balaban J connectivity index is 1.86. The monoisotopic (exact) mass is 330 g/mol. The van der Waals surface area contributed by atoms with Crippen LogP contribution in [0.15, 0.2) is 0 Å². The highest BCUT2D eigenvalue weighted by Crippen LogP contribution is 2.23. The molecule has 1 saturated carbocycles. The molecule has 0 unspecified atom stereocenters. The summed E-state index contributed by atoms with van der Waals surface area (Å²) in [6.07, 6.45) is 12.4. The highest BCUT2D eigenvalue weighted by atomic mass is 32.2. The second-order valence-corrected chi connectivity index (χ2v) is 8.78. The minimum Gasteiger partial charge on any atom is -0.354 e. The lowest BCUT2D eigenvalue weighted by Crippen LogP contribution is -2.52. The molecule has 1 N–H and O–H groups in total. The fourth-order valence-electron chi connectivity index (χ4n) is 3.67. The van der Waals surface area contributed by atoms with Gasteiger partial charge >= 0.3 is 0 Å².